The van der Waals surface area contributed by atoms with Gasteiger partial charge in [-0.1, -0.05) is 28.8 Å². The van der Waals surface area contributed by atoms with Gasteiger partial charge in [0, 0.05) is 15.5 Å². The van der Waals surface area contributed by atoms with Gasteiger partial charge in [-0.05, 0) is 54.0 Å². The number of benzene rings is 1. The van der Waals surface area contributed by atoms with Crippen molar-refractivity contribution in [3.63, 3.8) is 0 Å². The molecule has 0 aromatic heterocycles. The summed E-state index contributed by atoms with van der Waals surface area (Å²) < 4.78 is 1.79. The molecule has 2 rings (SSSR count). The fourth-order valence-corrected chi connectivity index (χ4v) is 3.92. The molecule has 2 N–H and O–H groups in total. The zero-order valence-electron chi connectivity index (χ0n) is 12.0. The molecule has 1 aromatic rings. The van der Waals surface area contributed by atoms with Crippen LogP contribution in [0.4, 0.5) is 5.69 Å². The molecule has 1 saturated carbocycles. The maximum absolute atomic E-state index is 12.1. The van der Waals surface area contributed by atoms with Crippen molar-refractivity contribution in [1.29, 1.82) is 0 Å². The van der Waals surface area contributed by atoms with Gasteiger partial charge in [0.15, 0.2) is 0 Å². The fourth-order valence-electron chi connectivity index (χ4n) is 2.78. The minimum Gasteiger partial charge on any atom is -0.389 e. The molecule has 116 valence electrons. The van der Waals surface area contributed by atoms with Crippen molar-refractivity contribution < 1.29 is 9.90 Å². The van der Waals surface area contributed by atoms with E-state index in [4.69, 9.17) is 0 Å². The highest BCUT2D eigenvalue weighted by molar-refractivity contribution is 9.11. The molecule has 1 aliphatic carbocycles. The fraction of sp³-hybridized carbons (Fsp3) is 0.533. The van der Waals surface area contributed by atoms with Gasteiger partial charge in [0.05, 0.1) is 17.8 Å². The first-order valence-corrected chi connectivity index (χ1v) is 8.62. The molecule has 0 atom stereocenters. The van der Waals surface area contributed by atoms with E-state index in [9.17, 15) is 9.90 Å². The second-order valence-corrected chi connectivity index (χ2v) is 7.55. The maximum atomic E-state index is 12.1. The summed E-state index contributed by atoms with van der Waals surface area (Å²) in [7, 11) is 1.87. The molecule has 0 radical (unpaired) electrons. The standard InChI is InChI=1S/C15H20Br2N2O2/c1-19(10-15(21)6-2-3-7-15)9-14(20)18-13-5-4-11(16)8-12(13)17/h4-5,8,21H,2-3,6-7,9-10H2,1H3,(H,18,20). The van der Waals surface area contributed by atoms with E-state index in [1.807, 2.05) is 30.1 Å². The lowest BCUT2D eigenvalue weighted by atomic mass is 10.0. The van der Waals surface area contributed by atoms with Crippen molar-refractivity contribution in [1.82, 2.24) is 4.90 Å². The summed E-state index contributed by atoms with van der Waals surface area (Å²) in [6, 6.07) is 5.61. The van der Waals surface area contributed by atoms with Crippen LogP contribution >= 0.6 is 31.9 Å². The van der Waals surface area contributed by atoms with Crippen LogP contribution in [0.1, 0.15) is 25.7 Å². The molecular weight excluding hydrogens is 400 g/mol. The van der Waals surface area contributed by atoms with Crippen LogP contribution in [0.2, 0.25) is 0 Å². The number of aliphatic hydroxyl groups is 1. The van der Waals surface area contributed by atoms with Crippen LogP contribution in [0.3, 0.4) is 0 Å². The minimum atomic E-state index is -0.618. The van der Waals surface area contributed by atoms with Crippen molar-refractivity contribution >= 4 is 43.5 Å². The Kier molecular flexibility index (Phi) is 5.82. The largest absolute Gasteiger partial charge is 0.389 e. The summed E-state index contributed by atoms with van der Waals surface area (Å²) in [5, 5.41) is 13.2. The van der Waals surface area contributed by atoms with Crippen molar-refractivity contribution in [3.05, 3.63) is 27.1 Å². The molecule has 0 saturated heterocycles. The lowest BCUT2D eigenvalue weighted by Gasteiger charge is -2.28. The summed E-state index contributed by atoms with van der Waals surface area (Å²) in [5.41, 5.74) is 0.129. The number of hydrogen-bond donors (Lipinski definition) is 2. The van der Waals surface area contributed by atoms with Gasteiger partial charge < -0.3 is 10.4 Å². The van der Waals surface area contributed by atoms with Gasteiger partial charge >= 0.3 is 0 Å². The van der Waals surface area contributed by atoms with Gasteiger partial charge in [-0.3, -0.25) is 9.69 Å². The summed E-state index contributed by atoms with van der Waals surface area (Å²) >= 11 is 6.80. The zero-order chi connectivity index (χ0) is 15.5. The van der Waals surface area contributed by atoms with Gasteiger partial charge in [0.2, 0.25) is 5.91 Å². The Balaban J connectivity index is 1.86. The van der Waals surface area contributed by atoms with Gasteiger partial charge in [-0.15, -0.1) is 0 Å². The van der Waals surface area contributed by atoms with Crippen LogP contribution in [0.15, 0.2) is 27.1 Å². The highest BCUT2D eigenvalue weighted by Crippen LogP contribution is 2.30. The average Bonchev–Trinajstić information content (AvgIpc) is 2.78. The van der Waals surface area contributed by atoms with E-state index >= 15 is 0 Å². The lowest BCUT2D eigenvalue weighted by molar-refractivity contribution is -0.117. The normalized spacial score (nSPS) is 17.2. The number of carbonyl (C=O) groups is 1. The van der Waals surface area contributed by atoms with Gasteiger partial charge in [-0.25, -0.2) is 0 Å². The third-order valence-corrected chi connectivity index (χ3v) is 4.87. The van der Waals surface area contributed by atoms with Gasteiger partial charge in [0.25, 0.3) is 0 Å². The molecule has 0 bridgehead atoms. The van der Waals surface area contributed by atoms with Gasteiger partial charge in [0.1, 0.15) is 0 Å². The Morgan fingerprint density at radius 2 is 2.05 bits per heavy atom. The van der Waals surface area contributed by atoms with E-state index in [0.29, 0.717) is 6.54 Å². The van der Waals surface area contributed by atoms with Crippen LogP contribution in [0, 0.1) is 0 Å². The van der Waals surface area contributed by atoms with Crippen LogP contribution < -0.4 is 5.32 Å². The molecular formula is C15H20Br2N2O2. The third kappa shape index (κ3) is 5.06. The number of nitrogens with zero attached hydrogens (tertiary/aromatic N) is 1. The summed E-state index contributed by atoms with van der Waals surface area (Å²) in [6.07, 6.45) is 3.80. The number of hydrogen-bond acceptors (Lipinski definition) is 3. The molecule has 1 aromatic carbocycles. The second kappa shape index (κ2) is 7.22. The Labute approximate surface area is 142 Å². The van der Waals surface area contributed by atoms with E-state index in [0.717, 1.165) is 40.3 Å². The van der Waals surface area contributed by atoms with Crippen molar-refractivity contribution in [3.8, 4) is 0 Å². The third-order valence-electron chi connectivity index (χ3n) is 3.72. The molecule has 6 heteroatoms. The van der Waals surface area contributed by atoms with Crippen molar-refractivity contribution in [2.75, 3.05) is 25.5 Å². The molecule has 0 spiro atoms. The summed E-state index contributed by atoms with van der Waals surface area (Å²) in [6.45, 7) is 0.812. The average molecular weight is 420 g/mol. The number of rotatable bonds is 5. The first-order valence-electron chi connectivity index (χ1n) is 7.04. The summed E-state index contributed by atoms with van der Waals surface area (Å²) in [5.74, 6) is -0.0814. The second-order valence-electron chi connectivity index (χ2n) is 5.78. The van der Waals surface area contributed by atoms with Crippen LogP contribution in [0.5, 0.6) is 0 Å². The van der Waals surface area contributed by atoms with Crippen molar-refractivity contribution in [2.45, 2.75) is 31.3 Å². The summed E-state index contributed by atoms with van der Waals surface area (Å²) in [4.78, 5) is 14.0. The Morgan fingerprint density at radius 1 is 1.38 bits per heavy atom. The molecule has 0 unspecified atom stereocenters. The van der Waals surface area contributed by atoms with E-state index < -0.39 is 5.60 Å². The Bertz CT molecular complexity index is 516. The first-order chi connectivity index (χ1) is 9.88. The molecule has 21 heavy (non-hydrogen) atoms. The van der Waals surface area contributed by atoms with Gasteiger partial charge in [-0.2, -0.15) is 0 Å². The number of amides is 1. The Hall–Kier alpha value is -0.430. The quantitative estimate of drug-likeness (QED) is 0.768. The molecule has 0 aliphatic heterocycles. The van der Waals surface area contributed by atoms with E-state index in [1.54, 1.807) is 0 Å². The maximum Gasteiger partial charge on any atom is 0.238 e. The number of likely N-dealkylation sites (N-methyl/N-ethyl adjacent to an activating group) is 1. The van der Waals surface area contributed by atoms with Crippen LogP contribution in [-0.2, 0) is 4.79 Å². The highest BCUT2D eigenvalue weighted by Gasteiger charge is 2.32. The predicted octanol–water partition coefficient (Wildman–Crippen LogP) is 3.39. The molecule has 0 heterocycles. The SMILES string of the molecule is CN(CC(=O)Nc1ccc(Br)cc1Br)CC1(O)CCCC1. The van der Waals surface area contributed by atoms with E-state index in [2.05, 4.69) is 37.2 Å². The topological polar surface area (TPSA) is 52.6 Å². The first kappa shape index (κ1) is 16.9. The number of anilines is 1. The van der Waals surface area contributed by atoms with E-state index in [1.165, 1.54) is 0 Å². The minimum absolute atomic E-state index is 0.0814. The van der Waals surface area contributed by atoms with E-state index in [-0.39, 0.29) is 12.5 Å². The number of nitrogens with one attached hydrogen (secondary N) is 1. The molecule has 1 aliphatic rings. The van der Waals surface area contributed by atoms with Crippen LogP contribution in [-0.4, -0.2) is 41.7 Å². The molecule has 1 amide bonds. The highest BCUT2D eigenvalue weighted by atomic mass is 79.9. The monoisotopic (exact) mass is 418 g/mol. The number of carbonyl (C=O) groups excluding carboxylic acids is 1. The molecule has 4 nitrogen and oxygen atoms in total. The predicted molar refractivity (Wildman–Crippen MR) is 91.4 cm³/mol. The van der Waals surface area contributed by atoms with Crippen LogP contribution in [0.25, 0.3) is 0 Å². The molecule has 1 fully saturated rings. The zero-order valence-corrected chi connectivity index (χ0v) is 15.2. The number of halogens is 2. The smallest absolute Gasteiger partial charge is 0.238 e. The Morgan fingerprint density at radius 3 is 2.67 bits per heavy atom. The lowest BCUT2D eigenvalue weighted by Crippen LogP contribution is -2.42. The van der Waals surface area contributed by atoms with Crippen molar-refractivity contribution in [2.24, 2.45) is 0 Å².